The van der Waals surface area contributed by atoms with E-state index in [1.54, 1.807) is 14.2 Å². The Balaban J connectivity index is 1.57. The monoisotopic (exact) mass is 283 g/mol. The van der Waals surface area contributed by atoms with Crippen molar-refractivity contribution in [1.29, 1.82) is 0 Å². The summed E-state index contributed by atoms with van der Waals surface area (Å²) in [6.45, 7) is 0.856. The molecule has 1 N–H and O–H groups in total. The van der Waals surface area contributed by atoms with Crippen molar-refractivity contribution < 1.29 is 9.47 Å². The highest BCUT2D eigenvalue weighted by Crippen LogP contribution is 2.40. The molecule has 3 heteroatoms. The summed E-state index contributed by atoms with van der Waals surface area (Å²) in [6, 6.07) is 17.4. The van der Waals surface area contributed by atoms with Crippen molar-refractivity contribution in [3.05, 3.63) is 59.7 Å². The Morgan fingerprint density at radius 3 is 2.48 bits per heavy atom. The van der Waals surface area contributed by atoms with Crippen LogP contribution in [0.15, 0.2) is 48.5 Å². The van der Waals surface area contributed by atoms with Crippen LogP contribution < -0.4 is 14.8 Å². The molecule has 0 radical (unpaired) electrons. The summed E-state index contributed by atoms with van der Waals surface area (Å²) >= 11 is 0. The van der Waals surface area contributed by atoms with Gasteiger partial charge in [0, 0.05) is 18.5 Å². The SMILES string of the molecule is COc1ccc(CN[C@@H]2C[C@H]2c2ccccc2)cc1OC. The van der Waals surface area contributed by atoms with Crippen LogP contribution in [0.1, 0.15) is 23.5 Å². The molecule has 3 rings (SSSR count). The number of ether oxygens (including phenoxy) is 2. The Hall–Kier alpha value is -2.00. The minimum absolute atomic E-state index is 0.584. The first-order valence-electron chi connectivity index (χ1n) is 7.31. The third-order valence-electron chi connectivity index (χ3n) is 4.03. The van der Waals surface area contributed by atoms with E-state index in [1.165, 1.54) is 17.5 Å². The van der Waals surface area contributed by atoms with Gasteiger partial charge in [0.1, 0.15) is 0 Å². The van der Waals surface area contributed by atoms with Gasteiger partial charge in [0.15, 0.2) is 11.5 Å². The zero-order valence-corrected chi connectivity index (χ0v) is 12.5. The summed E-state index contributed by atoms with van der Waals surface area (Å²) in [5, 5.41) is 3.61. The van der Waals surface area contributed by atoms with E-state index < -0.39 is 0 Å². The van der Waals surface area contributed by atoms with E-state index in [-0.39, 0.29) is 0 Å². The summed E-state index contributed by atoms with van der Waals surface area (Å²) in [5.74, 6) is 2.22. The van der Waals surface area contributed by atoms with Crippen molar-refractivity contribution in [2.24, 2.45) is 0 Å². The van der Waals surface area contributed by atoms with Crippen LogP contribution in [0.4, 0.5) is 0 Å². The molecule has 0 bridgehead atoms. The Kier molecular flexibility index (Phi) is 4.11. The van der Waals surface area contributed by atoms with Crippen LogP contribution in [0.25, 0.3) is 0 Å². The van der Waals surface area contributed by atoms with Crippen molar-refractivity contribution in [3.8, 4) is 11.5 Å². The second-order valence-corrected chi connectivity index (χ2v) is 5.43. The summed E-state index contributed by atoms with van der Waals surface area (Å²) in [7, 11) is 3.33. The van der Waals surface area contributed by atoms with Gasteiger partial charge in [0.2, 0.25) is 0 Å². The van der Waals surface area contributed by atoms with Crippen LogP contribution in [0.5, 0.6) is 11.5 Å². The standard InChI is InChI=1S/C18H21NO2/c1-20-17-9-8-13(10-18(17)21-2)12-19-16-11-15(16)14-6-4-3-5-7-14/h3-10,15-16,19H,11-12H2,1-2H3/t15-,16+/m0/s1. The van der Waals surface area contributed by atoms with Crippen molar-refractivity contribution in [3.63, 3.8) is 0 Å². The summed E-state index contributed by atoms with van der Waals surface area (Å²) < 4.78 is 10.6. The fourth-order valence-corrected chi connectivity index (χ4v) is 2.73. The van der Waals surface area contributed by atoms with Gasteiger partial charge in [-0.25, -0.2) is 0 Å². The Bertz CT molecular complexity index is 597. The van der Waals surface area contributed by atoms with Crippen molar-refractivity contribution in [2.45, 2.75) is 24.9 Å². The van der Waals surface area contributed by atoms with Crippen LogP contribution >= 0.6 is 0 Å². The maximum Gasteiger partial charge on any atom is 0.161 e. The van der Waals surface area contributed by atoms with Crippen LogP contribution in [0.3, 0.4) is 0 Å². The summed E-state index contributed by atoms with van der Waals surface area (Å²) in [6.07, 6.45) is 1.22. The van der Waals surface area contributed by atoms with Gasteiger partial charge in [0.25, 0.3) is 0 Å². The first kappa shape index (κ1) is 14.0. The number of rotatable bonds is 6. The van der Waals surface area contributed by atoms with Gasteiger partial charge >= 0.3 is 0 Å². The van der Waals surface area contributed by atoms with E-state index in [1.807, 2.05) is 12.1 Å². The summed E-state index contributed by atoms with van der Waals surface area (Å²) in [4.78, 5) is 0. The van der Waals surface area contributed by atoms with Crippen molar-refractivity contribution in [1.82, 2.24) is 5.32 Å². The number of hydrogen-bond donors (Lipinski definition) is 1. The normalized spacial score (nSPS) is 20.1. The molecular weight excluding hydrogens is 262 g/mol. The maximum atomic E-state index is 5.34. The lowest BCUT2D eigenvalue weighted by Crippen LogP contribution is -2.17. The molecule has 0 heterocycles. The Morgan fingerprint density at radius 2 is 1.76 bits per heavy atom. The van der Waals surface area contributed by atoms with Gasteiger partial charge < -0.3 is 14.8 Å². The molecule has 1 saturated carbocycles. The minimum atomic E-state index is 0.584. The van der Waals surface area contributed by atoms with Crippen LogP contribution in [-0.4, -0.2) is 20.3 Å². The van der Waals surface area contributed by atoms with Gasteiger partial charge in [-0.1, -0.05) is 36.4 Å². The predicted molar refractivity (Wildman–Crippen MR) is 84.0 cm³/mol. The molecule has 3 nitrogen and oxygen atoms in total. The second kappa shape index (κ2) is 6.19. The van der Waals surface area contributed by atoms with E-state index in [0.29, 0.717) is 12.0 Å². The first-order chi connectivity index (χ1) is 10.3. The molecule has 110 valence electrons. The van der Waals surface area contributed by atoms with Gasteiger partial charge in [0.05, 0.1) is 14.2 Å². The lowest BCUT2D eigenvalue weighted by Gasteiger charge is -2.10. The molecule has 0 unspecified atom stereocenters. The highest BCUT2D eigenvalue weighted by atomic mass is 16.5. The number of benzene rings is 2. The van der Waals surface area contributed by atoms with Crippen molar-refractivity contribution in [2.75, 3.05) is 14.2 Å². The molecule has 1 fully saturated rings. The third kappa shape index (κ3) is 3.19. The lowest BCUT2D eigenvalue weighted by atomic mass is 10.1. The Labute approximate surface area is 125 Å². The molecule has 0 aliphatic heterocycles. The number of hydrogen-bond acceptors (Lipinski definition) is 3. The molecule has 1 aliphatic rings. The molecule has 0 amide bonds. The number of nitrogens with one attached hydrogen (secondary N) is 1. The Morgan fingerprint density at radius 1 is 1.00 bits per heavy atom. The fourth-order valence-electron chi connectivity index (χ4n) is 2.73. The molecule has 2 aromatic rings. The topological polar surface area (TPSA) is 30.5 Å². The summed E-state index contributed by atoms with van der Waals surface area (Å²) in [5.41, 5.74) is 2.65. The van der Waals surface area contributed by atoms with Crippen molar-refractivity contribution >= 4 is 0 Å². The molecule has 21 heavy (non-hydrogen) atoms. The predicted octanol–water partition coefficient (Wildman–Crippen LogP) is 3.35. The average Bonchev–Trinajstić information content (AvgIpc) is 3.33. The molecule has 2 atom stereocenters. The zero-order chi connectivity index (χ0) is 14.7. The minimum Gasteiger partial charge on any atom is -0.493 e. The van der Waals surface area contributed by atoms with E-state index in [4.69, 9.17) is 9.47 Å². The molecule has 0 saturated heterocycles. The molecular formula is C18H21NO2. The van der Waals surface area contributed by atoms with E-state index >= 15 is 0 Å². The van der Waals surface area contributed by atoms with Crippen LogP contribution in [-0.2, 0) is 6.54 Å². The van der Waals surface area contributed by atoms with Crippen LogP contribution in [0.2, 0.25) is 0 Å². The molecule has 1 aliphatic carbocycles. The van der Waals surface area contributed by atoms with Gasteiger partial charge in [-0.2, -0.15) is 0 Å². The quantitative estimate of drug-likeness (QED) is 0.882. The average molecular weight is 283 g/mol. The molecule has 0 aromatic heterocycles. The van der Waals surface area contributed by atoms with Gasteiger partial charge in [-0.15, -0.1) is 0 Å². The third-order valence-corrected chi connectivity index (χ3v) is 4.03. The zero-order valence-electron chi connectivity index (χ0n) is 12.5. The van der Waals surface area contributed by atoms with E-state index in [9.17, 15) is 0 Å². The lowest BCUT2D eigenvalue weighted by molar-refractivity contribution is 0.354. The molecule has 2 aromatic carbocycles. The smallest absolute Gasteiger partial charge is 0.161 e. The van der Waals surface area contributed by atoms with E-state index in [2.05, 4.69) is 41.7 Å². The molecule has 0 spiro atoms. The maximum absolute atomic E-state index is 5.34. The van der Waals surface area contributed by atoms with E-state index in [0.717, 1.165) is 18.0 Å². The van der Waals surface area contributed by atoms with Gasteiger partial charge in [-0.3, -0.25) is 0 Å². The highest BCUT2D eigenvalue weighted by molar-refractivity contribution is 5.43. The number of methoxy groups -OCH3 is 2. The highest BCUT2D eigenvalue weighted by Gasteiger charge is 2.37. The second-order valence-electron chi connectivity index (χ2n) is 5.43. The van der Waals surface area contributed by atoms with Gasteiger partial charge in [-0.05, 0) is 29.7 Å². The first-order valence-corrected chi connectivity index (χ1v) is 7.31. The largest absolute Gasteiger partial charge is 0.493 e. The fraction of sp³-hybridized carbons (Fsp3) is 0.333. The van der Waals surface area contributed by atoms with Crippen LogP contribution in [0, 0.1) is 0 Å².